The van der Waals surface area contributed by atoms with Gasteiger partial charge in [0.05, 0.1) is 18.8 Å². The van der Waals surface area contributed by atoms with E-state index >= 15 is 0 Å². The molecule has 1 aliphatic heterocycles. The molecule has 1 aromatic rings. The number of benzene rings is 1. The molecule has 140 valence electrons. The van der Waals surface area contributed by atoms with Crippen LogP contribution in [-0.2, 0) is 14.3 Å². The number of carbonyl (C=O) groups is 2. The van der Waals surface area contributed by atoms with Crippen LogP contribution in [0.1, 0.15) is 69.2 Å². The number of hydrogen-bond donors (Lipinski definition) is 0. The van der Waals surface area contributed by atoms with E-state index in [1.165, 1.54) is 17.1 Å². The number of ether oxygens (including phenoxy) is 2. The summed E-state index contributed by atoms with van der Waals surface area (Å²) in [6.45, 7) is 5.60. The Morgan fingerprint density at radius 2 is 1.69 bits per heavy atom. The number of hydrogen-bond acceptors (Lipinski definition) is 4. The van der Waals surface area contributed by atoms with Crippen LogP contribution in [-0.4, -0.2) is 29.9 Å². The Balaban J connectivity index is 1.84. The van der Waals surface area contributed by atoms with Crippen molar-refractivity contribution in [1.82, 2.24) is 4.90 Å². The van der Waals surface area contributed by atoms with Gasteiger partial charge >= 0.3 is 0 Å². The molecule has 0 saturated carbocycles. The number of amides is 2. The Morgan fingerprint density at radius 3 is 2.38 bits per heavy atom. The van der Waals surface area contributed by atoms with E-state index in [1.807, 2.05) is 18.2 Å². The van der Waals surface area contributed by atoms with Crippen molar-refractivity contribution in [2.75, 3.05) is 13.2 Å². The Bertz CT molecular complexity index is 679. The topological polar surface area (TPSA) is 55.8 Å². The standard InChI is InChI=1S/C21H27NO4/c1-3-5-11-25-15-7-8-16-17(13-15)18(14-19(16)26-12-6-4-2)22-20(23)9-10-21(22)24/h7-10,13,18-19H,3-6,11-12,14H2,1-2H3/t18-,19-/m0/s1. The van der Waals surface area contributed by atoms with E-state index in [0.717, 1.165) is 42.6 Å². The van der Waals surface area contributed by atoms with Gasteiger partial charge in [-0.1, -0.05) is 32.8 Å². The van der Waals surface area contributed by atoms with Crippen molar-refractivity contribution in [3.05, 3.63) is 41.5 Å². The molecule has 1 aliphatic carbocycles. The van der Waals surface area contributed by atoms with Crippen molar-refractivity contribution >= 4 is 11.8 Å². The molecule has 5 nitrogen and oxygen atoms in total. The maximum absolute atomic E-state index is 12.2. The third-order valence-electron chi connectivity index (χ3n) is 4.94. The van der Waals surface area contributed by atoms with Gasteiger partial charge in [0, 0.05) is 25.2 Å². The molecule has 2 amide bonds. The van der Waals surface area contributed by atoms with Crippen molar-refractivity contribution in [2.45, 2.75) is 58.1 Å². The Morgan fingerprint density at radius 1 is 1.00 bits per heavy atom. The number of rotatable bonds is 9. The molecule has 0 radical (unpaired) electrons. The lowest BCUT2D eigenvalue weighted by atomic mass is 10.1. The van der Waals surface area contributed by atoms with Gasteiger partial charge in [-0.3, -0.25) is 14.5 Å². The fourth-order valence-electron chi connectivity index (χ4n) is 3.51. The summed E-state index contributed by atoms with van der Waals surface area (Å²) in [5.74, 6) is 0.276. The minimum absolute atomic E-state index is 0.0903. The third-order valence-corrected chi connectivity index (χ3v) is 4.94. The van der Waals surface area contributed by atoms with Crippen LogP contribution in [0.25, 0.3) is 0 Å². The number of imide groups is 1. The molecule has 2 aliphatic rings. The summed E-state index contributed by atoms with van der Waals surface area (Å²) < 4.78 is 11.9. The minimum Gasteiger partial charge on any atom is -0.494 e. The fourth-order valence-corrected chi connectivity index (χ4v) is 3.51. The summed E-state index contributed by atoms with van der Waals surface area (Å²) in [5.41, 5.74) is 2.02. The largest absolute Gasteiger partial charge is 0.494 e. The highest BCUT2D eigenvalue weighted by molar-refractivity contribution is 6.13. The lowest BCUT2D eigenvalue weighted by Crippen LogP contribution is -2.33. The molecular weight excluding hydrogens is 330 g/mol. The summed E-state index contributed by atoms with van der Waals surface area (Å²) in [7, 11) is 0. The van der Waals surface area contributed by atoms with Crippen LogP contribution in [0.5, 0.6) is 5.75 Å². The third kappa shape index (κ3) is 3.83. The maximum atomic E-state index is 12.2. The molecule has 1 aromatic carbocycles. The fraction of sp³-hybridized carbons (Fsp3) is 0.524. The molecule has 0 unspecified atom stereocenters. The molecule has 1 heterocycles. The van der Waals surface area contributed by atoms with Gasteiger partial charge in [-0.2, -0.15) is 0 Å². The number of nitrogens with zero attached hydrogens (tertiary/aromatic N) is 1. The molecule has 0 bridgehead atoms. The molecule has 0 fully saturated rings. The molecule has 0 spiro atoms. The first-order valence-corrected chi connectivity index (χ1v) is 9.59. The van der Waals surface area contributed by atoms with E-state index in [-0.39, 0.29) is 24.0 Å². The molecule has 0 N–H and O–H groups in total. The Kier molecular flexibility index (Phi) is 6.09. The number of fused-ring (bicyclic) bond motifs is 1. The highest BCUT2D eigenvalue weighted by Gasteiger charge is 2.40. The normalized spacial score (nSPS) is 21.5. The van der Waals surface area contributed by atoms with Crippen molar-refractivity contribution in [3.63, 3.8) is 0 Å². The van der Waals surface area contributed by atoms with Crippen LogP contribution < -0.4 is 4.74 Å². The minimum atomic E-state index is -0.290. The summed E-state index contributed by atoms with van der Waals surface area (Å²) in [6, 6.07) is 5.66. The highest BCUT2D eigenvalue weighted by Crippen LogP contribution is 2.46. The average molecular weight is 357 g/mol. The van der Waals surface area contributed by atoms with Crippen LogP contribution in [0.15, 0.2) is 30.4 Å². The zero-order valence-electron chi connectivity index (χ0n) is 15.6. The second kappa shape index (κ2) is 8.49. The van der Waals surface area contributed by atoms with Crippen LogP contribution in [0.3, 0.4) is 0 Å². The van der Waals surface area contributed by atoms with Crippen LogP contribution in [0, 0.1) is 0 Å². The van der Waals surface area contributed by atoms with Gasteiger partial charge in [-0.25, -0.2) is 0 Å². The maximum Gasteiger partial charge on any atom is 0.254 e. The van der Waals surface area contributed by atoms with Gasteiger partial charge < -0.3 is 9.47 Å². The zero-order valence-corrected chi connectivity index (χ0v) is 15.6. The van der Waals surface area contributed by atoms with E-state index in [0.29, 0.717) is 19.6 Å². The molecule has 3 rings (SSSR count). The van der Waals surface area contributed by atoms with Gasteiger partial charge in [0.2, 0.25) is 0 Å². The first kappa shape index (κ1) is 18.6. The predicted octanol–water partition coefficient (Wildman–Crippen LogP) is 4.09. The van der Waals surface area contributed by atoms with Gasteiger partial charge in [-0.05, 0) is 36.1 Å². The van der Waals surface area contributed by atoms with Crippen LogP contribution in [0.4, 0.5) is 0 Å². The number of carbonyl (C=O) groups excluding carboxylic acids is 2. The SMILES string of the molecule is CCCCOc1ccc2c(c1)[C@@H](N1C(=O)C=CC1=O)C[C@@H]2OCCCC. The smallest absolute Gasteiger partial charge is 0.254 e. The van der Waals surface area contributed by atoms with Gasteiger partial charge in [0.25, 0.3) is 11.8 Å². The van der Waals surface area contributed by atoms with Crippen molar-refractivity contribution in [1.29, 1.82) is 0 Å². The summed E-state index contributed by atoms with van der Waals surface area (Å²) >= 11 is 0. The Labute approximate surface area is 155 Å². The van der Waals surface area contributed by atoms with E-state index in [9.17, 15) is 9.59 Å². The quantitative estimate of drug-likeness (QED) is 0.493. The molecule has 5 heteroatoms. The lowest BCUT2D eigenvalue weighted by Gasteiger charge is -2.23. The van der Waals surface area contributed by atoms with Gasteiger partial charge in [0.1, 0.15) is 5.75 Å². The zero-order chi connectivity index (χ0) is 18.5. The van der Waals surface area contributed by atoms with Gasteiger partial charge in [-0.15, -0.1) is 0 Å². The van der Waals surface area contributed by atoms with E-state index in [1.54, 1.807) is 0 Å². The van der Waals surface area contributed by atoms with E-state index < -0.39 is 0 Å². The average Bonchev–Trinajstić information content (AvgIpc) is 3.15. The Hall–Kier alpha value is -2.14. The molecule has 2 atom stereocenters. The van der Waals surface area contributed by atoms with Crippen molar-refractivity contribution in [2.24, 2.45) is 0 Å². The van der Waals surface area contributed by atoms with Gasteiger partial charge in [0.15, 0.2) is 0 Å². The predicted molar refractivity (Wildman–Crippen MR) is 98.8 cm³/mol. The van der Waals surface area contributed by atoms with Crippen molar-refractivity contribution in [3.8, 4) is 5.75 Å². The first-order chi connectivity index (χ1) is 12.7. The number of unbranched alkanes of at least 4 members (excludes halogenated alkanes) is 2. The van der Waals surface area contributed by atoms with Crippen LogP contribution in [0.2, 0.25) is 0 Å². The second-order valence-corrected chi connectivity index (χ2v) is 6.84. The molecule has 26 heavy (non-hydrogen) atoms. The first-order valence-electron chi connectivity index (χ1n) is 9.59. The lowest BCUT2D eigenvalue weighted by molar-refractivity contribution is -0.140. The summed E-state index contributed by atoms with van der Waals surface area (Å²) in [5, 5.41) is 0. The molecular formula is C21H27NO4. The highest BCUT2D eigenvalue weighted by atomic mass is 16.5. The van der Waals surface area contributed by atoms with E-state index in [4.69, 9.17) is 9.47 Å². The van der Waals surface area contributed by atoms with Crippen molar-refractivity contribution < 1.29 is 19.1 Å². The monoisotopic (exact) mass is 357 g/mol. The molecule has 0 saturated heterocycles. The molecule has 0 aromatic heterocycles. The second-order valence-electron chi connectivity index (χ2n) is 6.84. The summed E-state index contributed by atoms with van der Waals surface area (Å²) in [4.78, 5) is 25.7. The summed E-state index contributed by atoms with van der Waals surface area (Å²) in [6.07, 6.45) is 7.34. The van der Waals surface area contributed by atoms with Crippen LogP contribution >= 0.6 is 0 Å². The van der Waals surface area contributed by atoms with E-state index in [2.05, 4.69) is 13.8 Å².